The summed E-state index contributed by atoms with van der Waals surface area (Å²) in [6.45, 7) is 13.2. The monoisotopic (exact) mass is 470 g/mol. The number of benzene rings is 1. The summed E-state index contributed by atoms with van der Waals surface area (Å²) < 4.78 is 5.45. The Bertz CT molecular complexity index is 964. The topological polar surface area (TPSA) is 82.2 Å². The molecule has 0 aromatic heterocycles. The van der Waals surface area contributed by atoms with Gasteiger partial charge in [0.25, 0.3) is 0 Å². The molecular formula is C26H38N4O4. The van der Waals surface area contributed by atoms with E-state index in [2.05, 4.69) is 10.2 Å². The summed E-state index contributed by atoms with van der Waals surface area (Å²) in [4.78, 5) is 44.2. The van der Waals surface area contributed by atoms with Crippen molar-refractivity contribution in [2.24, 2.45) is 5.92 Å². The van der Waals surface area contributed by atoms with E-state index in [1.807, 2.05) is 50.8 Å². The number of hydrogen-bond acceptors (Lipinski definition) is 5. The van der Waals surface area contributed by atoms with Crippen molar-refractivity contribution in [3.05, 3.63) is 46.2 Å². The van der Waals surface area contributed by atoms with Crippen molar-refractivity contribution in [1.82, 2.24) is 20.0 Å². The van der Waals surface area contributed by atoms with Crippen molar-refractivity contribution in [2.75, 3.05) is 46.4 Å². The van der Waals surface area contributed by atoms with Crippen LogP contribution in [0.15, 0.2) is 29.5 Å². The molecule has 3 amide bonds. The number of amides is 3. The van der Waals surface area contributed by atoms with Crippen LogP contribution in [0, 0.1) is 19.8 Å². The molecule has 2 heterocycles. The van der Waals surface area contributed by atoms with Crippen molar-refractivity contribution in [3.63, 3.8) is 0 Å². The summed E-state index contributed by atoms with van der Waals surface area (Å²) in [7, 11) is 1.69. The Morgan fingerprint density at radius 1 is 1.15 bits per heavy atom. The van der Waals surface area contributed by atoms with E-state index in [0.29, 0.717) is 56.3 Å². The van der Waals surface area contributed by atoms with Gasteiger partial charge in [-0.15, -0.1) is 0 Å². The third kappa shape index (κ3) is 5.78. The lowest BCUT2D eigenvalue weighted by atomic mass is 9.90. The first kappa shape index (κ1) is 25.7. The molecule has 1 aromatic rings. The first-order chi connectivity index (χ1) is 16.1. The summed E-state index contributed by atoms with van der Waals surface area (Å²) in [6.07, 6.45) is 0.554. The van der Waals surface area contributed by atoms with Gasteiger partial charge in [-0.1, -0.05) is 37.6 Å². The zero-order valence-electron chi connectivity index (χ0n) is 21.3. The van der Waals surface area contributed by atoms with Gasteiger partial charge in [0.05, 0.1) is 18.2 Å². The van der Waals surface area contributed by atoms with Crippen LogP contribution in [0.3, 0.4) is 0 Å². The zero-order chi connectivity index (χ0) is 25.0. The fourth-order valence-electron chi connectivity index (χ4n) is 4.55. The molecule has 1 unspecified atom stereocenters. The Balaban J connectivity index is 1.91. The lowest BCUT2D eigenvalue weighted by Crippen LogP contribution is -2.53. The highest BCUT2D eigenvalue weighted by Crippen LogP contribution is 2.33. The van der Waals surface area contributed by atoms with Gasteiger partial charge in [-0.05, 0) is 37.8 Å². The number of urea groups is 1. The second-order valence-electron chi connectivity index (χ2n) is 9.64. The van der Waals surface area contributed by atoms with Gasteiger partial charge in [0.2, 0.25) is 5.91 Å². The van der Waals surface area contributed by atoms with Crippen LogP contribution in [-0.2, 0) is 14.3 Å². The SMILES string of the molecule is CCOC(=O)C1=C(CN2CCN(C(=O)CC(C)C)CC2)N(C)C(=O)NC1c1cc(C)ccc1C. The molecule has 0 saturated carbocycles. The smallest absolute Gasteiger partial charge is 0.338 e. The summed E-state index contributed by atoms with van der Waals surface area (Å²) >= 11 is 0. The normalized spacial score (nSPS) is 19.5. The molecule has 2 aliphatic rings. The number of esters is 1. The molecule has 34 heavy (non-hydrogen) atoms. The number of rotatable bonds is 7. The Kier molecular flexibility index (Phi) is 8.36. The lowest BCUT2D eigenvalue weighted by molar-refractivity contribution is -0.139. The molecule has 2 aliphatic heterocycles. The highest BCUT2D eigenvalue weighted by atomic mass is 16.5. The standard InChI is InChI=1S/C26H38N4O4/c1-7-34-25(32)23-21(16-29-10-12-30(13-11-29)22(31)14-17(2)3)28(6)26(33)27-24(23)20-15-18(4)8-9-19(20)5/h8-9,15,17,24H,7,10-14,16H2,1-6H3,(H,27,33). The van der Waals surface area contributed by atoms with Crippen LogP contribution in [0.25, 0.3) is 0 Å². The predicted molar refractivity (Wildman–Crippen MR) is 131 cm³/mol. The minimum atomic E-state index is -0.577. The van der Waals surface area contributed by atoms with Crippen molar-refractivity contribution in [3.8, 4) is 0 Å². The van der Waals surface area contributed by atoms with Gasteiger partial charge in [0.1, 0.15) is 0 Å². The Morgan fingerprint density at radius 2 is 1.82 bits per heavy atom. The van der Waals surface area contributed by atoms with Gasteiger partial charge >= 0.3 is 12.0 Å². The van der Waals surface area contributed by atoms with Gasteiger partial charge in [0.15, 0.2) is 0 Å². The van der Waals surface area contributed by atoms with Gasteiger partial charge < -0.3 is 15.0 Å². The summed E-state index contributed by atoms with van der Waals surface area (Å²) in [6, 6.07) is 5.21. The number of carbonyl (C=O) groups excluding carboxylic acids is 3. The van der Waals surface area contributed by atoms with E-state index in [1.165, 1.54) is 4.90 Å². The third-order valence-corrected chi connectivity index (χ3v) is 6.50. The molecule has 0 aliphatic carbocycles. The first-order valence-corrected chi connectivity index (χ1v) is 12.1. The molecule has 1 atom stereocenters. The van der Waals surface area contributed by atoms with Crippen LogP contribution in [0.5, 0.6) is 0 Å². The predicted octanol–water partition coefficient (Wildman–Crippen LogP) is 3.01. The van der Waals surface area contributed by atoms with Crippen LogP contribution in [-0.4, -0.2) is 79.0 Å². The molecule has 8 nitrogen and oxygen atoms in total. The maximum atomic E-state index is 13.2. The highest BCUT2D eigenvalue weighted by molar-refractivity contribution is 5.95. The highest BCUT2D eigenvalue weighted by Gasteiger charge is 2.38. The second kappa shape index (κ2) is 11.0. The third-order valence-electron chi connectivity index (χ3n) is 6.50. The van der Waals surface area contributed by atoms with Gasteiger partial charge in [0, 0.05) is 51.9 Å². The number of nitrogens with zero attached hydrogens (tertiary/aromatic N) is 3. The molecule has 3 rings (SSSR count). The molecular weight excluding hydrogens is 432 g/mol. The van der Waals surface area contributed by atoms with Crippen molar-refractivity contribution >= 4 is 17.9 Å². The van der Waals surface area contributed by atoms with Crippen LogP contribution in [0.4, 0.5) is 4.79 Å². The van der Waals surface area contributed by atoms with Crippen LogP contribution >= 0.6 is 0 Å². The van der Waals surface area contributed by atoms with Crippen molar-refractivity contribution in [1.29, 1.82) is 0 Å². The fraction of sp³-hybridized carbons (Fsp3) is 0.577. The van der Waals surface area contributed by atoms with Gasteiger partial charge in [-0.3, -0.25) is 14.6 Å². The number of hydrogen-bond donors (Lipinski definition) is 1. The van der Waals surface area contributed by atoms with Crippen LogP contribution < -0.4 is 5.32 Å². The van der Waals surface area contributed by atoms with E-state index in [9.17, 15) is 14.4 Å². The van der Waals surface area contributed by atoms with E-state index in [0.717, 1.165) is 16.7 Å². The van der Waals surface area contributed by atoms with Gasteiger partial charge in [-0.2, -0.15) is 0 Å². The Hall–Kier alpha value is -2.87. The zero-order valence-corrected chi connectivity index (χ0v) is 21.3. The number of carbonyl (C=O) groups is 3. The molecule has 1 saturated heterocycles. The molecule has 1 N–H and O–H groups in total. The van der Waals surface area contributed by atoms with E-state index in [1.54, 1.807) is 14.0 Å². The second-order valence-corrected chi connectivity index (χ2v) is 9.64. The van der Waals surface area contributed by atoms with Crippen molar-refractivity contribution in [2.45, 2.75) is 47.1 Å². The van der Waals surface area contributed by atoms with Crippen LogP contribution in [0.1, 0.15) is 49.9 Å². The number of piperazine rings is 1. The van der Waals surface area contributed by atoms with E-state index in [4.69, 9.17) is 4.74 Å². The maximum Gasteiger partial charge on any atom is 0.338 e. The quantitative estimate of drug-likeness (QED) is 0.620. The molecule has 0 bridgehead atoms. The average molecular weight is 471 g/mol. The largest absolute Gasteiger partial charge is 0.463 e. The van der Waals surface area contributed by atoms with Crippen LogP contribution in [0.2, 0.25) is 0 Å². The van der Waals surface area contributed by atoms with E-state index in [-0.39, 0.29) is 18.5 Å². The Labute approximate surface area is 202 Å². The first-order valence-electron chi connectivity index (χ1n) is 12.1. The summed E-state index contributed by atoms with van der Waals surface area (Å²) in [5.74, 6) is 0.102. The average Bonchev–Trinajstić information content (AvgIpc) is 2.78. The minimum absolute atomic E-state index is 0.185. The lowest BCUT2D eigenvalue weighted by Gasteiger charge is -2.40. The number of likely N-dealkylation sites (N-methyl/N-ethyl adjacent to an activating group) is 1. The fourth-order valence-corrected chi connectivity index (χ4v) is 4.55. The Morgan fingerprint density at radius 3 is 2.44 bits per heavy atom. The van der Waals surface area contributed by atoms with Crippen molar-refractivity contribution < 1.29 is 19.1 Å². The van der Waals surface area contributed by atoms with Gasteiger partial charge in [-0.25, -0.2) is 9.59 Å². The molecule has 8 heteroatoms. The number of aryl methyl sites for hydroxylation is 2. The maximum absolute atomic E-state index is 13.2. The molecule has 1 fully saturated rings. The minimum Gasteiger partial charge on any atom is -0.463 e. The number of ether oxygens (including phenoxy) is 1. The molecule has 186 valence electrons. The van der Waals surface area contributed by atoms with E-state index < -0.39 is 12.0 Å². The summed E-state index contributed by atoms with van der Waals surface area (Å²) in [5, 5.41) is 3.00. The molecule has 1 aromatic carbocycles. The van der Waals surface area contributed by atoms with E-state index >= 15 is 0 Å². The number of nitrogens with one attached hydrogen (secondary N) is 1. The molecule has 0 radical (unpaired) electrons. The summed E-state index contributed by atoms with van der Waals surface area (Å²) in [5.41, 5.74) is 4.07. The molecule has 0 spiro atoms.